The van der Waals surface area contributed by atoms with E-state index < -0.39 is 21.7 Å². The van der Waals surface area contributed by atoms with Crippen LogP contribution in [0.2, 0.25) is 0 Å². The molecule has 0 heterocycles. The molecule has 2 rings (SSSR count). The van der Waals surface area contributed by atoms with Gasteiger partial charge in [-0.3, -0.25) is 9.10 Å². The molecule has 2 aromatic rings. The Morgan fingerprint density at radius 3 is 2.36 bits per heavy atom. The Labute approximate surface area is 164 Å². The van der Waals surface area contributed by atoms with E-state index in [1.54, 1.807) is 0 Å². The maximum Gasteiger partial charge on any atom is 0.232 e. The van der Waals surface area contributed by atoms with Crippen LogP contribution in [0.15, 0.2) is 48.5 Å². The van der Waals surface area contributed by atoms with Crippen molar-refractivity contribution in [3.8, 4) is 0 Å². The average molecular weight is 410 g/mol. The van der Waals surface area contributed by atoms with Crippen molar-refractivity contribution in [2.24, 2.45) is 0 Å². The molecule has 0 spiro atoms. The zero-order valence-corrected chi connectivity index (χ0v) is 16.7. The molecule has 1 N–H and O–H groups in total. The van der Waals surface area contributed by atoms with E-state index in [4.69, 9.17) is 0 Å². The fraction of sp³-hybridized carbons (Fsp3) is 0.350. The molecule has 0 aliphatic carbocycles. The van der Waals surface area contributed by atoms with Crippen LogP contribution < -0.4 is 9.62 Å². The molecule has 5 nitrogen and oxygen atoms in total. The lowest BCUT2D eigenvalue weighted by molar-refractivity contribution is -0.121. The number of benzene rings is 2. The van der Waals surface area contributed by atoms with Crippen molar-refractivity contribution in [1.82, 2.24) is 5.32 Å². The SMILES string of the molecule is CC[C@H](NC(=O)CCCN(c1ccc(F)c(F)c1)S(C)(=O)=O)c1ccccc1. The lowest BCUT2D eigenvalue weighted by atomic mass is 10.0. The molecule has 0 saturated heterocycles. The second kappa shape index (κ2) is 9.64. The van der Waals surface area contributed by atoms with Crippen molar-refractivity contribution in [1.29, 1.82) is 0 Å². The summed E-state index contributed by atoms with van der Waals surface area (Å²) >= 11 is 0. The minimum atomic E-state index is -3.70. The molecule has 0 radical (unpaired) electrons. The van der Waals surface area contributed by atoms with E-state index >= 15 is 0 Å². The van der Waals surface area contributed by atoms with Crippen LogP contribution in [-0.4, -0.2) is 27.1 Å². The first kappa shape index (κ1) is 21.8. The van der Waals surface area contributed by atoms with Crippen LogP contribution in [-0.2, 0) is 14.8 Å². The largest absolute Gasteiger partial charge is 0.349 e. The minimum Gasteiger partial charge on any atom is -0.349 e. The van der Waals surface area contributed by atoms with Gasteiger partial charge in [-0.05, 0) is 30.5 Å². The molecule has 0 aliphatic rings. The van der Waals surface area contributed by atoms with Crippen molar-refractivity contribution < 1.29 is 22.0 Å². The fourth-order valence-electron chi connectivity index (χ4n) is 2.88. The molecule has 1 amide bonds. The number of rotatable bonds is 9. The topological polar surface area (TPSA) is 66.5 Å². The third-order valence-electron chi connectivity index (χ3n) is 4.30. The molecule has 0 unspecified atom stereocenters. The van der Waals surface area contributed by atoms with Crippen LogP contribution in [0.5, 0.6) is 0 Å². The van der Waals surface area contributed by atoms with Crippen molar-refractivity contribution in [3.63, 3.8) is 0 Å². The summed E-state index contributed by atoms with van der Waals surface area (Å²) < 4.78 is 51.6. The van der Waals surface area contributed by atoms with Crippen molar-refractivity contribution in [3.05, 3.63) is 65.7 Å². The molecule has 152 valence electrons. The molecule has 28 heavy (non-hydrogen) atoms. The number of carbonyl (C=O) groups is 1. The molecule has 0 aromatic heterocycles. The van der Waals surface area contributed by atoms with Gasteiger partial charge in [0.05, 0.1) is 18.0 Å². The second-order valence-corrected chi connectivity index (χ2v) is 8.38. The smallest absolute Gasteiger partial charge is 0.232 e. The highest BCUT2D eigenvalue weighted by atomic mass is 32.2. The van der Waals surface area contributed by atoms with Crippen LogP contribution >= 0.6 is 0 Å². The summed E-state index contributed by atoms with van der Waals surface area (Å²) in [5, 5.41) is 2.94. The predicted octanol–water partition coefficient (Wildman–Crippen LogP) is 3.78. The minimum absolute atomic E-state index is 0.0144. The van der Waals surface area contributed by atoms with Gasteiger partial charge in [-0.15, -0.1) is 0 Å². The van der Waals surface area contributed by atoms with Crippen LogP contribution in [0.1, 0.15) is 37.8 Å². The first-order chi connectivity index (χ1) is 13.2. The number of amides is 1. The van der Waals surface area contributed by atoms with E-state index in [2.05, 4.69) is 5.32 Å². The fourth-order valence-corrected chi connectivity index (χ4v) is 3.84. The number of anilines is 1. The Balaban J connectivity index is 1.98. The normalized spacial score (nSPS) is 12.4. The van der Waals surface area contributed by atoms with Gasteiger partial charge in [0.25, 0.3) is 0 Å². The average Bonchev–Trinajstić information content (AvgIpc) is 2.65. The van der Waals surface area contributed by atoms with Crippen LogP contribution in [0, 0.1) is 11.6 Å². The van der Waals surface area contributed by atoms with Crippen LogP contribution in [0.4, 0.5) is 14.5 Å². The van der Waals surface area contributed by atoms with Gasteiger partial charge in [-0.25, -0.2) is 17.2 Å². The van der Waals surface area contributed by atoms with Crippen molar-refractivity contribution in [2.45, 2.75) is 32.2 Å². The Hall–Kier alpha value is -2.48. The van der Waals surface area contributed by atoms with Gasteiger partial charge in [0.2, 0.25) is 15.9 Å². The third kappa shape index (κ3) is 6.02. The Morgan fingerprint density at radius 2 is 1.79 bits per heavy atom. The number of hydrogen-bond acceptors (Lipinski definition) is 3. The summed E-state index contributed by atoms with van der Waals surface area (Å²) in [7, 11) is -3.70. The third-order valence-corrected chi connectivity index (χ3v) is 5.50. The number of hydrogen-bond donors (Lipinski definition) is 1. The number of nitrogens with one attached hydrogen (secondary N) is 1. The quantitative estimate of drug-likeness (QED) is 0.684. The molecule has 0 bridgehead atoms. The predicted molar refractivity (Wildman–Crippen MR) is 105 cm³/mol. The van der Waals surface area contributed by atoms with Crippen LogP contribution in [0.25, 0.3) is 0 Å². The van der Waals surface area contributed by atoms with E-state index in [-0.39, 0.29) is 37.0 Å². The monoisotopic (exact) mass is 410 g/mol. The van der Waals surface area contributed by atoms with E-state index in [9.17, 15) is 22.0 Å². The van der Waals surface area contributed by atoms with Gasteiger partial charge < -0.3 is 5.32 Å². The van der Waals surface area contributed by atoms with Gasteiger partial charge in [-0.1, -0.05) is 37.3 Å². The highest BCUT2D eigenvalue weighted by Crippen LogP contribution is 2.21. The van der Waals surface area contributed by atoms with Gasteiger partial charge in [-0.2, -0.15) is 0 Å². The summed E-state index contributed by atoms with van der Waals surface area (Å²) in [6.45, 7) is 1.95. The van der Waals surface area contributed by atoms with Crippen molar-refractivity contribution in [2.75, 3.05) is 17.1 Å². The zero-order chi connectivity index (χ0) is 20.7. The summed E-state index contributed by atoms with van der Waals surface area (Å²) in [6.07, 6.45) is 2.05. The molecular formula is C20H24F2N2O3S. The summed E-state index contributed by atoms with van der Waals surface area (Å²) in [5.74, 6) is -2.38. The first-order valence-electron chi connectivity index (χ1n) is 8.99. The number of sulfonamides is 1. The van der Waals surface area contributed by atoms with E-state index in [0.29, 0.717) is 0 Å². The van der Waals surface area contributed by atoms with Crippen LogP contribution in [0.3, 0.4) is 0 Å². The first-order valence-corrected chi connectivity index (χ1v) is 10.8. The van der Waals surface area contributed by atoms with Gasteiger partial charge in [0.15, 0.2) is 11.6 Å². The summed E-state index contributed by atoms with van der Waals surface area (Å²) in [5.41, 5.74) is 1.02. The van der Waals surface area contributed by atoms with Gasteiger partial charge in [0.1, 0.15) is 0 Å². The standard InChI is InChI=1S/C20H24F2N2O3S/c1-3-19(15-8-5-4-6-9-15)23-20(25)10-7-13-24(28(2,26)27)16-11-12-17(21)18(22)14-16/h4-6,8-9,11-12,14,19H,3,7,10,13H2,1-2H3,(H,23,25)/t19-/m0/s1. The van der Waals surface area contributed by atoms with E-state index in [0.717, 1.165) is 34.7 Å². The lowest BCUT2D eigenvalue weighted by Crippen LogP contribution is -2.33. The highest BCUT2D eigenvalue weighted by Gasteiger charge is 2.19. The molecule has 2 aromatic carbocycles. The molecule has 1 atom stereocenters. The highest BCUT2D eigenvalue weighted by molar-refractivity contribution is 7.92. The summed E-state index contributed by atoms with van der Waals surface area (Å²) in [6, 6.07) is 12.3. The molecule has 0 saturated carbocycles. The second-order valence-electron chi connectivity index (χ2n) is 6.48. The van der Waals surface area contributed by atoms with Crippen molar-refractivity contribution >= 4 is 21.6 Å². The van der Waals surface area contributed by atoms with Gasteiger partial charge >= 0.3 is 0 Å². The lowest BCUT2D eigenvalue weighted by Gasteiger charge is -2.23. The Bertz CT molecular complexity index is 905. The Kier molecular flexibility index (Phi) is 7.51. The van der Waals surface area contributed by atoms with Gasteiger partial charge in [0, 0.05) is 19.0 Å². The summed E-state index contributed by atoms with van der Waals surface area (Å²) in [4.78, 5) is 12.3. The van der Waals surface area contributed by atoms with E-state index in [1.807, 2.05) is 37.3 Å². The van der Waals surface area contributed by atoms with E-state index in [1.165, 1.54) is 6.07 Å². The maximum atomic E-state index is 13.5. The Morgan fingerprint density at radius 1 is 1.11 bits per heavy atom. The maximum absolute atomic E-state index is 13.5. The molecular weight excluding hydrogens is 386 g/mol. The molecule has 0 fully saturated rings. The number of halogens is 2. The zero-order valence-electron chi connectivity index (χ0n) is 15.9. The number of carbonyl (C=O) groups excluding carboxylic acids is 1. The molecule has 8 heteroatoms. The number of nitrogens with zero attached hydrogens (tertiary/aromatic N) is 1. The molecule has 0 aliphatic heterocycles.